The molecule has 0 aliphatic carbocycles. The van der Waals surface area contributed by atoms with Crippen molar-refractivity contribution in [3.63, 3.8) is 0 Å². The second kappa shape index (κ2) is 6.48. The van der Waals surface area contributed by atoms with Gasteiger partial charge < -0.3 is 9.42 Å². The van der Waals surface area contributed by atoms with Crippen molar-refractivity contribution in [2.24, 2.45) is 0 Å². The molecule has 132 valence electrons. The lowest BCUT2D eigenvalue weighted by Gasteiger charge is -2.24. The Balaban J connectivity index is 1.73. The van der Waals surface area contributed by atoms with Gasteiger partial charge in [0.2, 0.25) is 0 Å². The van der Waals surface area contributed by atoms with Crippen LogP contribution < -0.4 is 4.90 Å². The maximum atomic E-state index is 12.6. The van der Waals surface area contributed by atoms with Crippen LogP contribution in [0.1, 0.15) is 30.9 Å². The van der Waals surface area contributed by atoms with Crippen LogP contribution in [0.2, 0.25) is 0 Å². The zero-order valence-corrected chi connectivity index (χ0v) is 15.5. The van der Waals surface area contributed by atoms with Crippen molar-refractivity contribution in [3.8, 4) is 0 Å². The predicted molar refractivity (Wildman–Crippen MR) is 98.5 cm³/mol. The molecule has 0 fully saturated rings. The molecule has 1 aromatic carbocycles. The number of carbonyl (C=O) groups excluding carboxylic acids is 1. The van der Waals surface area contributed by atoms with Gasteiger partial charge in [-0.05, 0) is 25.6 Å². The van der Waals surface area contributed by atoms with E-state index in [1.165, 1.54) is 5.56 Å². The van der Waals surface area contributed by atoms with Gasteiger partial charge in [0.1, 0.15) is 5.76 Å². The first-order valence-electron chi connectivity index (χ1n) is 8.48. The summed E-state index contributed by atoms with van der Waals surface area (Å²) in [7, 11) is 3.94. The molecular formula is C20H25N3O2. The molecule has 2 heterocycles. The van der Waals surface area contributed by atoms with Crippen LogP contribution in [0.3, 0.4) is 0 Å². The minimum atomic E-state index is -0.178. The fourth-order valence-electron chi connectivity index (χ4n) is 3.55. The lowest BCUT2D eigenvalue weighted by Crippen LogP contribution is -2.28. The molecule has 3 rings (SSSR count). The van der Waals surface area contributed by atoms with Crippen molar-refractivity contribution in [3.05, 3.63) is 59.1 Å². The lowest BCUT2D eigenvalue weighted by molar-refractivity contribution is -0.115. The second-order valence-electron chi connectivity index (χ2n) is 7.30. The number of aromatic nitrogens is 1. The number of benzene rings is 1. The number of allylic oxidation sites excluding steroid dienone is 1. The van der Waals surface area contributed by atoms with E-state index in [0.29, 0.717) is 13.1 Å². The topological polar surface area (TPSA) is 49.6 Å². The second-order valence-corrected chi connectivity index (χ2v) is 7.30. The van der Waals surface area contributed by atoms with Crippen LogP contribution in [-0.4, -0.2) is 36.5 Å². The van der Waals surface area contributed by atoms with Gasteiger partial charge in [-0.2, -0.15) is 0 Å². The van der Waals surface area contributed by atoms with Crippen molar-refractivity contribution in [1.29, 1.82) is 0 Å². The summed E-state index contributed by atoms with van der Waals surface area (Å²) in [5.74, 6) is 0.870. The van der Waals surface area contributed by atoms with E-state index in [-0.39, 0.29) is 11.2 Å². The highest BCUT2D eigenvalue weighted by atomic mass is 16.5. The largest absolute Gasteiger partial charge is 0.361 e. The molecule has 0 saturated carbocycles. The van der Waals surface area contributed by atoms with Crippen molar-refractivity contribution >= 4 is 11.5 Å². The summed E-state index contributed by atoms with van der Waals surface area (Å²) in [5, 5.41) is 3.98. The number of likely N-dealkylation sites (N-methyl/N-ethyl adjacent to an activating group) is 2. The Morgan fingerprint density at radius 1 is 1.36 bits per heavy atom. The van der Waals surface area contributed by atoms with Gasteiger partial charge in [0.25, 0.3) is 0 Å². The van der Waals surface area contributed by atoms with Crippen molar-refractivity contribution in [2.45, 2.75) is 32.7 Å². The molecule has 0 saturated heterocycles. The summed E-state index contributed by atoms with van der Waals surface area (Å²) in [6, 6.07) is 10.2. The van der Waals surface area contributed by atoms with Crippen LogP contribution >= 0.6 is 0 Å². The highest BCUT2D eigenvalue weighted by molar-refractivity contribution is 5.94. The minimum absolute atomic E-state index is 0.0884. The molecule has 0 atom stereocenters. The first-order chi connectivity index (χ1) is 11.8. The standard InChI is InChI=1S/C20H25N3O2/c1-14-10-15(21-25-14)12-22(4)13-16(24)11-19-20(2,3)17-8-6-7-9-18(17)23(19)5/h6-11H,12-13H2,1-5H3. The first-order valence-corrected chi connectivity index (χ1v) is 8.48. The fraction of sp³-hybridized carbons (Fsp3) is 0.400. The van der Waals surface area contributed by atoms with Gasteiger partial charge in [-0.15, -0.1) is 0 Å². The first kappa shape index (κ1) is 17.4. The Morgan fingerprint density at radius 2 is 2.08 bits per heavy atom. The molecule has 5 nitrogen and oxygen atoms in total. The third-order valence-corrected chi connectivity index (χ3v) is 4.77. The van der Waals surface area contributed by atoms with E-state index in [1.807, 2.05) is 44.1 Å². The lowest BCUT2D eigenvalue weighted by atomic mass is 9.83. The molecule has 0 bridgehead atoms. The van der Waals surface area contributed by atoms with Gasteiger partial charge in [-0.25, -0.2) is 0 Å². The van der Waals surface area contributed by atoms with Gasteiger partial charge in [-0.3, -0.25) is 9.69 Å². The average Bonchev–Trinajstić information content (AvgIpc) is 3.03. The summed E-state index contributed by atoms with van der Waals surface area (Å²) in [4.78, 5) is 16.7. The molecule has 0 amide bonds. The Hall–Kier alpha value is -2.40. The Morgan fingerprint density at radius 3 is 2.72 bits per heavy atom. The highest BCUT2D eigenvalue weighted by Gasteiger charge is 2.38. The van der Waals surface area contributed by atoms with Crippen LogP contribution in [0.15, 0.2) is 46.6 Å². The van der Waals surface area contributed by atoms with Gasteiger partial charge in [0, 0.05) is 42.5 Å². The number of rotatable bonds is 5. The van der Waals surface area contributed by atoms with E-state index in [9.17, 15) is 4.79 Å². The normalized spacial score (nSPS) is 17.4. The maximum Gasteiger partial charge on any atom is 0.171 e. The zero-order valence-electron chi connectivity index (χ0n) is 15.5. The van der Waals surface area contributed by atoms with E-state index < -0.39 is 0 Å². The molecule has 25 heavy (non-hydrogen) atoms. The molecule has 0 radical (unpaired) electrons. The van der Waals surface area contributed by atoms with E-state index in [4.69, 9.17) is 4.52 Å². The number of anilines is 1. The van der Waals surface area contributed by atoms with E-state index in [2.05, 4.69) is 36.0 Å². The summed E-state index contributed by atoms with van der Waals surface area (Å²) in [6.45, 7) is 7.12. The Bertz CT molecular complexity index is 820. The fourth-order valence-corrected chi connectivity index (χ4v) is 3.55. The molecule has 2 aromatic rings. The number of para-hydroxylation sites is 1. The van der Waals surface area contributed by atoms with Gasteiger partial charge in [0.05, 0.1) is 12.2 Å². The molecule has 0 spiro atoms. The Kier molecular flexibility index (Phi) is 4.52. The Labute approximate surface area is 148 Å². The average molecular weight is 339 g/mol. The number of carbonyl (C=O) groups is 1. The van der Waals surface area contributed by atoms with Gasteiger partial charge >= 0.3 is 0 Å². The van der Waals surface area contributed by atoms with E-state index in [1.54, 1.807) is 6.08 Å². The predicted octanol–water partition coefficient (Wildman–Crippen LogP) is 3.30. The number of hydrogen-bond acceptors (Lipinski definition) is 5. The minimum Gasteiger partial charge on any atom is -0.361 e. The molecule has 1 aromatic heterocycles. The monoisotopic (exact) mass is 339 g/mol. The van der Waals surface area contributed by atoms with E-state index in [0.717, 1.165) is 22.8 Å². The molecule has 1 aliphatic heterocycles. The van der Waals surface area contributed by atoms with E-state index >= 15 is 0 Å². The number of ketones is 1. The van der Waals surface area contributed by atoms with Crippen LogP contribution in [0.5, 0.6) is 0 Å². The summed E-state index contributed by atoms with van der Waals surface area (Å²) in [5.41, 5.74) is 4.11. The summed E-state index contributed by atoms with van der Waals surface area (Å²) in [6.07, 6.45) is 1.78. The third kappa shape index (κ3) is 3.37. The molecule has 0 N–H and O–H groups in total. The number of aryl methyl sites for hydroxylation is 1. The molecule has 1 aliphatic rings. The van der Waals surface area contributed by atoms with Gasteiger partial charge in [-0.1, -0.05) is 37.2 Å². The SMILES string of the molecule is Cc1cc(CN(C)CC(=O)C=C2N(C)c3ccccc3C2(C)C)no1. The zero-order chi connectivity index (χ0) is 18.2. The highest BCUT2D eigenvalue weighted by Crippen LogP contribution is 2.46. The van der Waals surface area contributed by atoms with Crippen LogP contribution in [0.25, 0.3) is 0 Å². The van der Waals surface area contributed by atoms with Crippen LogP contribution in [-0.2, 0) is 16.8 Å². The number of hydrogen-bond donors (Lipinski definition) is 0. The van der Waals surface area contributed by atoms with Crippen LogP contribution in [0.4, 0.5) is 5.69 Å². The van der Waals surface area contributed by atoms with Crippen molar-refractivity contribution in [2.75, 3.05) is 25.5 Å². The maximum absolute atomic E-state index is 12.6. The van der Waals surface area contributed by atoms with Gasteiger partial charge in [0.15, 0.2) is 5.78 Å². The van der Waals surface area contributed by atoms with Crippen LogP contribution in [0, 0.1) is 6.92 Å². The third-order valence-electron chi connectivity index (χ3n) is 4.77. The molecule has 0 unspecified atom stereocenters. The number of nitrogens with zero attached hydrogens (tertiary/aromatic N) is 3. The number of fused-ring (bicyclic) bond motifs is 1. The molecular weight excluding hydrogens is 314 g/mol. The summed E-state index contributed by atoms with van der Waals surface area (Å²) < 4.78 is 5.07. The summed E-state index contributed by atoms with van der Waals surface area (Å²) >= 11 is 0. The van der Waals surface area contributed by atoms with Crippen molar-refractivity contribution in [1.82, 2.24) is 10.1 Å². The van der Waals surface area contributed by atoms with Crippen molar-refractivity contribution < 1.29 is 9.32 Å². The smallest absolute Gasteiger partial charge is 0.171 e. The quantitative estimate of drug-likeness (QED) is 0.782. The molecule has 5 heteroatoms.